The second-order valence-electron chi connectivity index (χ2n) is 4.32. The summed E-state index contributed by atoms with van der Waals surface area (Å²) >= 11 is 0. The van der Waals surface area contributed by atoms with Crippen LogP contribution in [0.15, 0.2) is 0 Å². The molecule has 1 aliphatic heterocycles. The molecule has 1 fully saturated rings. The summed E-state index contributed by atoms with van der Waals surface area (Å²) in [4.78, 5) is 12.7. The van der Waals surface area contributed by atoms with E-state index in [-0.39, 0.29) is 6.42 Å². The number of rotatable bonds is 4. The van der Waals surface area contributed by atoms with Crippen molar-refractivity contribution < 1.29 is 23.1 Å². The molecule has 0 bridgehead atoms. The number of hydrogen-bond acceptors (Lipinski definition) is 3. The van der Waals surface area contributed by atoms with Crippen LogP contribution in [0.1, 0.15) is 13.3 Å². The molecule has 2 unspecified atom stereocenters. The molecule has 1 aliphatic rings. The van der Waals surface area contributed by atoms with E-state index in [1.165, 1.54) is 0 Å². The van der Waals surface area contributed by atoms with Crippen LogP contribution < -0.4 is 5.32 Å². The number of carboxylic acid groups (broad SMARTS) is 1. The fourth-order valence-electron chi connectivity index (χ4n) is 2.04. The van der Waals surface area contributed by atoms with Crippen molar-refractivity contribution in [3.05, 3.63) is 0 Å². The highest BCUT2D eigenvalue weighted by atomic mass is 19.4. The lowest BCUT2D eigenvalue weighted by molar-refractivity contribution is -0.144. The molecule has 0 radical (unpaired) electrons. The van der Waals surface area contributed by atoms with Gasteiger partial charge in [0, 0.05) is 19.1 Å². The Balaban J connectivity index is 2.51. The molecule has 0 aromatic carbocycles. The maximum Gasteiger partial charge on any atom is 0.401 e. The lowest BCUT2D eigenvalue weighted by Gasteiger charge is -2.36. The van der Waals surface area contributed by atoms with Gasteiger partial charge in [-0.25, -0.2) is 0 Å². The molecular weight excluding hydrogens is 237 g/mol. The molecule has 1 rings (SSSR count). The molecule has 0 amide bonds. The van der Waals surface area contributed by atoms with E-state index in [4.69, 9.17) is 5.11 Å². The van der Waals surface area contributed by atoms with E-state index >= 15 is 0 Å². The monoisotopic (exact) mass is 254 g/mol. The fourth-order valence-corrected chi connectivity index (χ4v) is 2.04. The second-order valence-corrected chi connectivity index (χ2v) is 4.32. The zero-order valence-electron chi connectivity index (χ0n) is 9.63. The number of carboxylic acids is 1. The lowest BCUT2D eigenvalue weighted by atomic mass is 9.94. The third kappa shape index (κ3) is 4.91. The summed E-state index contributed by atoms with van der Waals surface area (Å²) in [6.45, 7) is 2.33. The number of nitrogens with zero attached hydrogens (tertiary/aromatic N) is 1. The summed E-state index contributed by atoms with van der Waals surface area (Å²) in [5.41, 5.74) is 0. The SMILES string of the molecule is CCN1CC(NCC(F)(F)F)CC(C(=O)O)C1. The van der Waals surface area contributed by atoms with E-state index in [1.807, 2.05) is 11.8 Å². The third-order valence-corrected chi connectivity index (χ3v) is 2.91. The quantitative estimate of drug-likeness (QED) is 0.783. The van der Waals surface area contributed by atoms with Crippen molar-refractivity contribution in [2.75, 3.05) is 26.2 Å². The highest BCUT2D eigenvalue weighted by Crippen LogP contribution is 2.19. The highest BCUT2D eigenvalue weighted by molar-refractivity contribution is 5.70. The summed E-state index contributed by atoms with van der Waals surface area (Å²) in [5.74, 6) is -1.53. The van der Waals surface area contributed by atoms with Crippen LogP contribution in [0.4, 0.5) is 13.2 Å². The van der Waals surface area contributed by atoms with Crippen LogP contribution in [0, 0.1) is 5.92 Å². The van der Waals surface area contributed by atoms with E-state index in [1.54, 1.807) is 0 Å². The van der Waals surface area contributed by atoms with Gasteiger partial charge in [0.25, 0.3) is 0 Å². The minimum absolute atomic E-state index is 0.252. The first-order valence-electron chi connectivity index (χ1n) is 5.57. The smallest absolute Gasteiger partial charge is 0.401 e. The first kappa shape index (κ1) is 14.2. The molecule has 2 atom stereocenters. The fraction of sp³-hybridized carbons (Fsp3) is 0.900. The van der Waals surface area contributed by atoms with Crippen LogP contribution >= 0.6 is 0 Å². The molecular formula is C10H17F3N2O2. The summed E-state index contributed by atoms with van der Waals surface area (Å²) < 4.78 is 36.2. The van der Waals surface area contributed by atoms with Gasteiger partial charge in [0.1, 0.15) is 0 Å². The summed E-state index contributed by atoms with van der Waals surface area (Å²) in [6, 6.07) is -0.411. The van der Waals surface area contributed by atoms with Crippen LogP contribution in [0.5, 0.6) is 0 Å². The maximum absolute atomic E-state index is 12.1. The van der Waals surface area contributed by atoms with Crippen LogP contribution in [0.25, 0.3) is 0 Å². The van der Waals surface area contributed by atoms with Gasteiger partial charge < -0.3 is 15.3 Å². The van der Waals surface area contributed by atoms with Gasteiger partial charge in [-0.15, -0.1) is 0 Å². The average molecular weight is 254 g/mol. The minimum atomic E-state index is -4.26. The van der Waals surface area contributed by atoms with E-state index in [0.717, 1.165) is 0 Å². The van der Waals surface area contributed by atoms with Crippen LogP contribution in [-0.4, -0.2) is 54.4 Å². The first-order valence-corrected chi connectivity index (χ1v) is 5.57. The number of piperidine rings is 1. The average Bonchev–Trinajstić information content (AvgIpc) is 2.25. The number of carbonyl (C=O) groups is 1. The van der Waals surface area contributed by atoms with Crippen LogP contribution in [0.3, 0.4) is 0 Å². The molecule has 1 heterocycles. The van der Waals surface area contributed by atoms with E-state index < -0.39 is 30.7 Å². The zero-order chi connectivity index (χ0) is 13.1. The molecule has 0 spiro atoms. The minimum Gasteiger partial charge on any atom is -0.481 e. The number of hydrogen-bond donors (Lipinski definition) is 2. The molecule has 100 valence electrons. The number of likely N-dealkylation sites (N-methyl/N-ethyl adjacent to an activating group) is 1. The van der Waals surface area contributed by atoms with Gasteiger partial charge in [-0.3, -0.25) is 4.79 Å². The Morgan fingerprint density at radius 3 is 2.59 bits per heavy atom. The topological polar surface area (TPSA) is 52.6 Å². The third-order valence-electron chi connectivity index (χ3n) is 2.91. The highest BCUT2D eigenvalue weighted by Gasteiger charge is 2.33. The molecule has 4 nitrogen and oxygen atoms in total. The number of nitrogens with one attached hydrogen (secondary N) is 1. The summed E-state index contributed by atoms with van der Waals surface area (Å²) in [6.07, 6.45) is -4.00. The Bertz CT molecular complexity index is 271. The zero-order valence-corrected chi connectivity index (χ0v) is 9.63. The Morgan fingerprint density at radius 1 is 1.47 bits per heavy atom. The molecule has 0 saturated carbocycles. The van der Waals surface area contributed by atoms with E-state index in [0.29, 0.717) is 19.6 Å². The van der Waals surface area contributed by atoms with E-state index in [2.05, 4.69) is 5.32 Å². The van der Waals surface area contributed by atoms with Gasteiger partial charge in [0.05, 0.1) is 12.5 Å². The standard InChI is InChI=1S/C10H17F3N2O2/c1-2-15-4-7(9(16)17)3-8(5-15)14-6-10(11,12)13/h7-8,14H,2-6H2,1H3,(H,16,17). The first-order chi connectivity index (χ1) is 7.81. The van der Waals surface area contributed by atoms with Crippen molar-refractivity contribution in [2.24, 2.45) is 5.92 Å². The van der Waals surface area contributed by atoms with Gasteiger partial charge in [-0.05, 0) is 13.0 Å². The molecule has 0 aliphatic carbocycles. The predicted octanol–water partition coefficient (Wildman–Crippen LogP) is 0.933. The van der Waals surface area contributed by atoms with Gasteiger partial charge in [-0.2, -0.15) is 13.2 Å². The predicted molar refractivity (Wildman–Crippen MR) is 55.7 cm³/mol. The van der Waals surface area contributed by atoms with Gasteiger partial charge >= 0.3 is 12.1 Å². The summed E-state index contributed by atoms with van der Waals surface area (Å²) in [5, 5.41) is 11.3. The normalized spacial score (nSPS) is 27.1. The van der Waals surface area contributed by atoms with Crippen molar-refractivity contribution in [3.63, 3.8) is 0 Å². The number of alkyl halides is 3. The van der Waals surface area contributed by atoms with Crippen molar-refractivity contribution in [2.45, 2.75) is 25.6 Å². The molecule has 7 heteroatoms. The number of likely N-dealkylation sites (tertiary alicyclic amines) is 1. The van der Waals surface area contributed by atoms with Crippen molar-refractivity contribution in [1.82, 2.24) is 10.2 Å². The Morgan fingerprint density at radius 2 is 2.12 bits per heavy atom. The van der Waals surface area contributed by atoms with E-state index in [9.17, 15) is 18.0 Å². The molecule has 17 heavy (non-hydrogen) atoms. The van der Waals surface area contributed by atoms with Gasteiger partial charge in [0.15, 0.2) is 0 Å². The number of aliphatic carboxylic acids is 1. The van der Waals surface area contributed by atoms with Crippen LogP contribution in [0.2, 0.25) is 0 Å². The van der Waals surface area contributed by atoms with Gasteiger partial charge in [0.2, 0.25) is 0 Å². The molecule has 2 N–H and O–H groups in total. The maximum atomic E-state index is 12.1. The number of halogens is 3. The second kappa shape index (κ2) is 5.68. The van der Waals surface area contributed by atoms with Gasteiger partial charge in [-0.1, -0.05) is 6.92 Å². The molecule has 1 saturated heterocycles. The van der Waals surface area contributed by atoms with Crippen LogP contribution in [-0.2, 0) is 4.79 Å². The van der Waals surface area contributed by atoms with Crippen molar-refractivity contribution >= 4 is 5.97 Å². The Labute approximate surface area is 97.8 Å². The van der Waals surface area contributed by atoms with Crippen molar-refractivity contribution in [3.8, 4) is 0 Å². The lowest BCUT2D eigenvalue weighted by Crippen LogP contribution is -2.52. The summed E-state index contributed by atoms with van der Waals surface area (Å²) in [7, 11) is 0. The Hall–Kier alpha value is -0.820. The largest absolute Gasteiger partial charge is 0.481 e. The Kier molecular flexibility index (Phi) is 4.76. The molecule has 0 aromatic rings. The van der Waals surface area contributed by atoms with Crippen molar-refractivity contribution in [1.29, 1.82) is 0 Å². The molecule has 0 aromatic heterocycles.